The maximum absolute atomic E-state index is 5.85. The summed E-state index contributed by atoms with van der Waals surface area (Å²) in [6.45, 7) is 4.49. The minimum absolute atomic E-state index is 0.659. The van der Waals surface area contributed by atoms with Gasteiger partial charge in [-0.1, -0.05) is 38.1 Å². The Kier molecular flexibility index (Phi) is 4.45. The van der Waals surface area contributed by atoms with Gasteiger partial charge in [0.05, 0.1) is 5.69 Å². The number of anilines is 1. The third-order valence-corrected chi connectivity index (χ3v) is 3.08. The van der Waals surface area contributed by atoms with Crippen LogP contribution in [0.3, 0.4) is 0 Å². The minimum atomic E-state index is 0.659. The van der Waals surface area contributed by atoms with Crippen molar-refractivity contribution >= 4 is 5.69 Å². The molecule has 0 fully saturated rings. The molecule has 19 heavy (non-hydrogen) atoms. The molecule has 0 amide bonds. The Labute approximate surface area is 115 Å². The second-order valence-corrected chi connectivity index (χ2v) is 5.22. The molecule has 0 heterocycles. The molecule has 2 aromatic rings. The molecule has 0 aliphatic rings. The molecule has 0 atom stereocenters. The number of nitrogens with two attached hydrogens (primary N) is 1. The summed E-state index contributed by atoms with van der Waals surface area (Å²) in [5.41, 5.74) is 7.86. The van der Waals surface area contributed by atoms with E-state index in [0.29, 0.717) is 11.4 Å². The van der Waals surface area contributed by atoms with Crippen LogP contribution in [0.25, 0.3) is 0 Å². The van der Waals surface area contributed by atoms with E-state index in [0.717, 1.165) is 18.1 Å². The van der Waals surface area contributed by atoms with E-state index in [4.69, 9.17) is 10.5 Å². The summed E-state index contributed by atoms with van der Waals surface area (Å²) in [4.78, 5) is 0. The van der Waals surface area contributed by atoms with Crippen LogP contribution in [0.15, 0.2) is 48.5 Å². The van der Waals surface area contributed by atoms with Gasteiger partial charge in [0, 0.05) is 0 Å². The van der Waals surface area contributed by atoms with Crippen molar-refractivity contribution in [2.24, 2.45) is 5.92 Å². The predicted octanol–water partition coefficient (Wildman–Crippen LogP) is 4.65. The summed E-state index contributed by atoms with van der Waals surface area (Å²) < 4.78 is 5.76. The molecule has 0 saturated carbocycles. The fourth-order valence-electron chi connectivity index (χ4n) is 1.88. The molecule has 0 unspecified atom stereocenters. The van der Waals surface area contributed by atoms with Gasteiger partial charge in [0.1, 0.15) is 11.5 Å². The molecule has 2 N–H and O–H groups in total. The number of benzene rings is 2. The SMILES string of the molecule is CC(C)CCc1ccc(Oc2ccccc2N)cc1. The zero-order chi connectivity index (χ0) is 13.7. The highest BCUT2D eigenvalue weighted by molar-refractivity contribution is 5.53. The largest absolute Gasteiger partial charge is 0.455 e. The van der Waals surface area contributed by atoms with E-state index in [2.05, 4.69) is 26.0 Å². The molecule has 2 aromatic carbocycles. The predicted molar refractivity (Wildman–Crippen MR) is 80.5 cm³/mol. The number of rotatable bonds is 5. The molecule has 100 valence electrons. The van der Waals surface area contributed by atoms with Crippen LogP contribution in [0.1, 0.15) is 25.8 Å². The van der Waals surface area contributed by atoms with Crippen molar-refractivity contribution in [3.63, 3.8) is 0 Å². The van der Waals surface area contributed by atoms with Crippen molar-refractivity contribution in [1.82, 2.24) is 0 Å². The molecule has 2 rings (SSSR count). The standard InChI is InChI=1S/C17H21NO/c1-13(2)7-8-14-9-11-15(12-10-14)19-17-6-4-3-5-16(17)18/h3-6,9-13H,7-8,18H2,1-2H3. The van der Waals surface area contributed by atoms with Gasteiger partial charge in [0.25, 0.3) is 0 Å². The molecule has 0 aromatic heterocycles. The number of hydrogen-bond donors (Lipinski definition) is 1. The number of aryl methyl sites for hydroxylation is 1. The van der Waals surface area contributed by atoms with Crippen molar-refractivity contribution in [3.05, 3.63) is 54.1 Å². The van der Waals surface area contributed by atoms with E-state index < -0.39 is 0 Å². The highest BCUT2D eigenvalue weighted by atomic mass is 16.5. The molecule has 0 spiro atoms. The number of para-hydroxylation sites is 2. The van der Waals surface area contributed by atoms with Gasteiger partial charge in [-0.3, -0.25) is 0 Å². The second kappa shape index (κ2) is 6.28. The summed E-state index contributed by atoms with van der Waals surface area (Å²) in [6.07, 6.45) is 2.33. The molecular weight excluding hydrogens is 234 g/mol. The van der Waals surface area contributed by atoms with Crippen LogP contribution in [0, 0.1) is 5.92 Å². The van der Waals surface area contributed by atoms with Crippen molar-refractivity contribution in [1.29, 1.82) is 0 Å². The highest BCUT2D eigenvalue weighted by Crippen LogP contribution is 2.27. The molecule has 0 bridgehead atoms. The van der Waals surface area contributed by atoms with Crippen molar-refractivity contribution in [2.45, 2.75) is 26.7 Å². The Morgan fingerprint density at radius 2 is 1.68 bits per heavy atom. The first-order valence-corrected chi connectivity index (χ1v) is 6.76. The van der Waals surface area contributed by atoms with Gasteiger partial charge >= 0.3 is 0 Å². The highest BCUT2D eigenvalue weighted by Gasteiger charge is 2.02. The summed E-state index contributed by atoms with van der Waals surface area (Å²) in [7, 11) is 0. The molecule has 0 radical (unpaired) electrons. The summed E-state index contributed by atoms with van der Waals surface area (Å²) in [5, 5.41) is 0. The lowest BCUT2D eigenvalue weighted by atomic mass is 10.0. The Morgan fingerprint density at radius 1 is 1.00 bits per heavy atom. The minimum Gasteiger partial charge on any atom is -0.455 e. The smallest absolute Gasteiger partial charge is 0.150 e. The number of ether oxygens (including phenoxy) is 1. The lowest BCUT2D eigenvalue weighted by Crippen LogP contribution is -1.93. The molecular formula is C17H21NO. The molecule has 2 heteroatoms. The number of nitrogen functional groups attached to an aromatic ring is 1. The fraction of sp³-hybridized carbons (Fsp3) is 0.294. The maximum Gasteiger partial charge on any atom is 0.150 e. The van der Waals surface area contributed by atoms with Crippen molar-refractivity contribution < 1.29 is 4.74 Å². The molecule has 2 nitrogen and oxygen atoms in total. The molecule has 0 aliphatic carbocycles. The van der Waals surface area contributed by atoms with Gasteiger partial charge in [0.2, 0.25) is 0 Å². The average Bonchev–Trinajstić information content (AvgIpc) is 2.40. The first kappa shape index (κ1) is 13.5. The quantitative estimate of drug-likeness (QED) is 0.789. The van der Waals surface area contributed by atoms with Crippen LogP contribution in [0.4, 0.5) is 5.69 Å². The van der Waals surface area contributed by atoms with E-state index in [1.807, 2.05) is 36.4 Å². The summed E-state index contributed by atoms with van der Waals surface area (Å²) in [6, 6.07) is 15.8. The van der Waals surface area contributed by atoms with Crippen LogP contribution in [-0.4, -0.2) is 0 Å². The van der Waals surface area contributed by atoms with Gasteiger partial charge in [-0.15, -0.1) is 0 Å². The van der Waals surface area contributed by atoms with E-state index in [1.54, 1.807) is 0 Å². The molecule has 0 saturated heterocycles. The Morgan fingerprint density at radius 3 is 2.32 bits per heavy atom. The van der Waals surface area contributed by atoms with Gasteiger partial charge < -0.3 is 10.5 Å². The van der Waals surface area contributed by atoms with E-state index in [-0.39, 0.29) is 0 Å². The second-order valence-electron chi connectivity index (χ2n) is 5.22. The number of hydrogen-bond acceptors (Lipinski definition) is 2. The normalized spacial score (nSPS) is 10.7. The van der Waals surface area contributed by atoms with Gasteiger partial charge in [-0.2, -0.15) is 0 Å². The third-order valence-electron chi connectivity index (χ3n) is 3.08. The lowest BCUT2D eigenvalue weighted by Gasteiger charge is -2.09. The van der Waals surface area contributed by atoms with Crippen LogP contribution in [0.2, 0.25) is 0 Å². The van der Waals surface area contributed by atoms with E-state index in [9.17, 15) is 0 Å². The van der Waals surface area contributed by atoms with Crippen LogP contribution in [0.5, 0.6) is 11.5 Å². The molecule has 0 aliphatic heterocycles. The monoisotopic (exact) mass is 255 g/mol. The summed E-state index contributed by atoms with van der Waals surface area (Å²) >= 11 is 0. The first-order valence-electron chi connectivity index (χ1n) is 6.76. The van der Waals surface area contributed by atoms with Crippen LogP contribution < -0.4 is 10.5 Å². The van der Waals surface area contributed by atoms with E-state index >= 15 is 0 Å². The van der Waals surface area contributed by atoms with Crippen LogP contribution >= 0.6 is 0 Å². The fourth-order valence-corrected chi connectivity index (χ4v) is 1.88. The third kappa shape index (κ3) is 4.02. The zero-order valence-corrected chi connectivity index (χ0v) is 11.6. The van der Waals surface area contributed by atoms with Crippen LogP contribution in [-0.2, 0) is 6.42 Å². The van der Waals surface area contributed by atoms with Gasteiger partial charge in [-0.25, -0.2) is 0 Å². The Balaban J connectivity index is 2.01. The summed E-state index contributed by atoms with van der Waals surface area (Å²) in [5.74, 6) is 2.27. The van der Waals surface area contributed by atoms with Gasteiger partial charge in [-0.05, 0) is 48.6 Å². The van der Waals surface area contributed by atoms with E-state index in [1.165, 1.54) is 12.0 Å². The van der Waals surface area contributed by atoms with Crippen molar-refractivity contribution in [3.8, 4) is 11.5 Å². The Hall–Kier alpha value is -1.96. The first-order chi connectivity index (χ1) is 9.15. The average molecular weight is 255 g/mol. The lowest BCUT2D eigenvalue weighted by molar-refractivity contribution is 0.484. The Bertz CT molecular complexity index is 517. The van der Waals surface area contributed by atoms with Crippen molar-refractivity contribution in [2.75, 3.05) is 5.73 Å². The topological polar surface area (TPSA) is 35.2 Å². The maximum atomic E-state index is 5.85. The zero-order valence-electron chi connectivity index (χ0n) is 11.6. The van der Waals surface area contributed by atoms with Gasteiger partial charge in [0.15, 0.2) is 0 Å².